The number of carbonyl (C=O) groups is 3. The second-order valence-corrected chi connectivity index (χ2v) is 18.2. The monoisotopic (exact) mass is 827 g/mol. The van der Waals surface area contributed by atoms with E-state index >= 15 is 4.39 Å². The Balaban J connectivity index is 0.831. The number of hydrogen-bond acceptors (Lipinski definition) is 11. The molecule has 1 unspecified atom stereocenters. The van der Waals surface area contributed by atoms with Crippen LogP contribution in [0.5, 0.6) is 5.75 Å². The van der Waals surface area contributed by atoms with Gasteiger partial charge in [0.05, 0.1) is 24.6 Å². The maximum absolute atomic E-state index is 15.3. The summed E-state index contributed by atoms with van der Waals surface area (Å²) < 4.78 is 21.1. The first-order chi connectivity index (χ1) is 28.0. The molecule has 0 radical (unpaired) electrons. The zero-order valence-electron chi connectivity index (χ0n) is 32.9. The zero-order valence-corrected chi connectivity index (χ0v) is 34.6. The molecule has 3 N–H and O–H groups in total. The Morgan fingerprint density at radius 1 is 0.948 bits per heavy atom. The van der Waals surface area contributed by atoms with Crippen LogP contribution in [0.3, 0.4) is 0 Å². The standard InChI is InChI=1S/C42H48ClFN9O4P/c1-57-35-22-29(8-9-32(35)47-42-45-23-30(43)39(49-42)46-33-6-4-5-7-36(33)58(2)3)51-14-12-28(13-15-51)52-18-16-50(17-19-52)24-26-20-27-25-53(41(56)38(27)31(44)21-26)34-10-11-37(54)48-40(34)55/h4-9,20-23,28,34H,10-19,24-25H2,1-3H3,(H,48,54,55)(H2,45,46,47,49). The number of aromatic nitrogens is 2. The number of rotatable bonds is 11. The van der Waals surface area contributed by atoms with E-state index in [-0.39, 0.29) is 38.8 Å². The highest BCUT2D eigenvalue weighted by molar-refractivity contribution is 7.64. The molecule has 3 amide bonds. The topological polar surface area (TPSA) is 135 Å². The van der Waals surface area contributed by atoms with Crippen LogP contribution in [0, 0.1) is 5.82 Å². The van der Waals surface area contributed by atoms with Gasteiger partial charge in [0, 0.05) is 82.3 Å². The van der Waals surface area contributed by atoms with Crippen molar-refractivity contribution in [1.29, 1.82) is 0 Å². The van der Waals surface area contributed by atoms with Crippen LogP contribution in [0.15, 0.2) is 60.8 Å². The molecular formula is C42H48ClFN9O4P. The molecule has 0 bridgehead atoms. The van der Waals surface area contributed by atoms with Crippen molar-refractivity contribution >= 4 is 71.4 Å². The third-order valence-electron chi connectivity index (χ3n) is 11.6. The lowest BCUT2D eigenvalue weighted by Crippen LogP contribution is -2.53. The molecule has 3 saturated heterocycles. The van der Waals surface area contributed by atoms with Gasteiger partial charge in [0.15, 0.2) is 5.82 Å². The SMILES string of the molecule is COc1cc(N2CCC(N3CCN(Cc4cc(F)c5c(c4)CN(C4CCC(=O)NC4=O)C5=O)CC3)CC2)ccc1Nc1ncc(Cl)c(Nc2ccccc2P(C)C)n1. The average molecular weight is 828 g/mol. The molecule has 304 valence electrons. The Hall–Kier alpha value is -4.88. The number of piperazine rings is 1. The number of halogens is 2. The summed E-state index contributed by atoms with van der Waals surface area (Å²) in [6.45, 7) is 10.6. The number of hydrogen-bond donors (Lipinski definition) is 3. The van der Waals surface area contributed by atoms with Crippen LogP contribution >= 0.6 is 19.5 Å². The number of nitrogens with zero attached hydrogens (tertiary/aromatic N) is 6. The van der Waals surface area contributed by atoms with Gasteiger partial charge in [-0.1, -0.05) is 43.8 Å². The van der Waals surface area contributed by atoms with Crippen LogP contribution in [0.1, 0.15) is 47.2 Å². The molecule has 13 nitrogen and oxygen atoms in total. The van der Waals surface area contributed by atoms with E-state index in [0.717, 1.165) is 74.7 Å². The summed E-state index contributed by atoms with van der Waals surface area (Å²) in [6, 6.07) is 17.4. The number of piperidine rings is 2. The Labute approximate surface area is 344 Å². The predicted molar refractivity (Wildman–Crippen MR) is 226 cm³/mol. The number of imide groups is 1. The molecule has 4 aliphatic rings. The summed E-state index contributed by atoms with van der Waals surface area (Å²) in [6.07, 6.45) is 4.10. The number of ether oxygens (including phenoxy) is 1. The minimum absolute atomic E-state index is 0.0369. The van der Waals surface area contributed by atoms with E-state index in [1.165, 1.54) is 16.3 Å². The third-order valence-corrected chi connectivity index (χ3v) is 13.2. The number of fused-ring (bicyclic) bond motifs is 1. The minimum atomic E-state index is -0.765. The summed E-state index contributed by atoms with van der Waals surface area (Å²) in [5.74, 6) is -0.263. The number of amides is 3. The van der Waals surface area contributed by atoms with Gasteiger partial charge in [0.2, 0.25) is 17.8 Å². The Bertz CT molecular complexity index is 2210. The van der Waals surface area contributed by atoms with Crippen molar-refractivity contribution in [1.82, 2.24) is 30.0 Å². The highest BCUT2D eigenvalue weighted by Gasteiger charge is 2.41. The van der Waals surface area contributed by atoms with Crippen molar-refractivity contribution in [3.05, 3.63) is 88.3 Å². The summed E-state index contributed by atoms with van der Waals surface area (Å²) in [5, 5.41) is 10.7. The van der Waals surface area contributed by atoms with Gasteiger partial charge in [0.25, 0.3) is 5.91 Å². The van der Waals surface area contributed by atoms with Crippen LogP contribution in [0.25, 0.3) is 0 Å². The van der Waals surface area contributed by atoms with Crippen molar-refractivity contribution in [2.75, 3.05) is 75.2 Å². The molecule has 1 aromatic heterocycles. The highest BCUT2D eigenvalue weighted by atomic mass is 35.5. The van der Waals surface area contributed by atoms with E-state index < -0.39 is 23.7 Å². The lowest BCUT2D eigenvalue weighted by molar-refractivity contribution is -0.136. The van der Waals surface area contributed by atoms with E-state index in [1.807, 2.05) is 30.3 Å². The van der Waals surface area contributed by atoms with Crippen LogP contribution in [0.2, 0.25) is 5.02 Å². The van der Waals surface area contributed by atoms with Crippen molar-refractivity contribution in [2.24, 2.45) is 0 Å². The van der Waals surface area contributed by atoms with Crippen LogP contribution in [-0.2, 0) is 22.7 Å². The first-order valence-corrected chi connectivity index (χ1v) is 22.3. The highest BCUT2D eigenvalue weighted by Crippen LogP contribution is 2.36. The van der Waals surface area contributed by atoms with Crippen molar-refractivity contribution in [3.63, 3.8) is 0 Å². The zero-order chi connectivity index (χ0) is 40.5. The van der Waals surface area contributed by atoms with Crippen molar-refractivity contribution in [2.45, 2.75) is 50.9 Å². The molecule has 0 spiro atoms. The van der Waals surface area contributed by atoms with E-state index in [4.69, 9.17) is 16.3 Å². The smallest absolute Gasteiger partial charge is 0.258 e. The number of nitrogens with one attached hydrogen (secondary N) is 3. The van der Waals surface area contributed by atoms with Crippen LogP contribution in [0.4, 0.5) is 33.2 Å². The summed E-state index contributed by atoms with van der Waals surface area (Å²) in [7, 11) is 1.33. The Morgan fingerprint density at radius 3 is 2.47 bits per heavy atom. The molecular weight excluding hydrogens is 780 g/mol. The van der Waals surface area contributed by atoms with Gasteiger partial charge in [-0.15, -0.1) is 0 Å². The molecule has 58 heavy (non-hydrogen) atoms. The predicted octanol–water partition coefficient (Wildman–Crippen LogP) is 5.68. The van der Waals surface area contributed by atoms with Gasteiger partial charge < -0.3 is 25.2 Å². The Morgan fingerprint density at radius 2 is 1.72 bits per heavy atom. The second kappa shape index (κ2) is 17.1. The molecule has 3 fully saturated rings. The van der Waals surface area contributed by atoms with Gasteiger partial charge in [-0.25, -0.2) is 9.37 Å². The fourth-order valence-corrected chi connectivity index (χ4v) is 9.69. The summed E-state index contributed by atoms with van der Waals surface area (Å²) >= 11 is 6.51. The lowest BCUT2D eigenvalue weighted by Gasteiger charge is -2.43. The maximum atomic E-state index is 15.3. The third kappa shape index (κ3) is 8.47. The van der Waals surface area contributed by atoms with Crippen LogP contribution < -0.4 is 30.9 Å². The number of methoxy groups -OCH3 is 1. The summed E-state index contributed by atoms with van der Waals surface area (Å²) in [5.41, 5.74) is 4.28. The maximum Gasteiger partial charge on any atom is 0.258 e. The normalized spacial score (nSPS) is 19.4. The summed E-state index contributed by atoms with van der Waals surface area (Å²) in [4.78, 5) is 55.0. The van der Waals surface area contributed by atoms with Crippen molar-refractivity contribution < 1.29 is 23.5 Å². The molecule has 4 aromatic rings. The molecule has 8 rings (SSSR count). The fourth-order valence-electron chi connectivity index (χ4n) is 8.56. The van der Waals surface area contributed by atoms with Gasteiger partial charge in [-0.3, -0.25) is 29.5 Å². The van der Waals surface area contributed by atoms with E-state index in [2.05, 4.69) is 72.1 Å². The number of carbonyl (C=O) groups excluding carboxylic acids is 3. The van der Waals surface area contributed by atoms with Crippen molar-refractivity contribution in [3.8, 4) is 5.75 Å². The largest absolute Gasteiger partial charge is 0.494 e. The molecule has 0 aliphatic carbocycles. The molecule has 1 atom stereocenters. The van der Waals surface area contributed by atoms with E-state index in [0.29, 0.717) is 40.7 Å². The van der Waals surface area contributed by atoms with Gasteiger partial charge >= 0.3 is 0 Å². The van der Waals surface area contributed by atoms with Gasteiger partial charge in [0.1, 0.15) is 22.6 Å². The van der Waals surface area contributed by atoms with Gasteiger partial charge in [-0.05, 0) is 73.3 Å². The number of para-hydroxylation sites is 1. The average Bonchev–Trinajstić information content (AvgIpc) is 3.55. The van der Waals surface area contributed by atoms with E-state index in [9.17, 15) is 14.4 Å². The first kappa shape index (κ1) is 39.9. The minimum Gasteiger partial charge on any atom is -0.494 e. The Kier molecular flexibility index (Phi) is 11.8. The first-order valence-electron chi connectivity index (χ1n) is 19.7. The number of anilines is 5. The molecule has 4 aliphatic heterocycles. The lowest BCUT2D eigenvalue weighted by atomic mass is 10.0. The quantitative estimate of drug-likeness (QED) is 0.127. The van der Waals surface area contributed by atoms with E-state index in [1.54, 1.807) is 13.3 Å². The molecule has 16 heteroatoms. The fraction of sp³-hybridized carbons (Fsp3) is 0.405. The molecule has 0 saturated carbocycles. The number of benzene rings is 3. The molecule has 3 aromatic carbocycles. The second-order valence-electron chi connectivity index (χ2n) is 15.5. The van der Waals surface area contributed by atoms with Gasteiger partial charge in [-0.2, -0.15) is 4.98 Å². The molecule has 5 heterocycles. The van der Waals surface area contributed by atoms with Crippen LogP contribution in [-0.4, -0.2) is 114 Å².